The average Bonchev–Trinajstić information content (AvgIpc) is 3.62. The molecule has 198 valence electrons. The number of fused-ring (bicyclic) bond motifs is 1. The number of alkyl halides is 2. The number of methoxy groups -OCH3 is 1. The van der Waals surface area contributed by atoms with Crippen LogP contribution < -0.4 is 10.6 Å². The normalized spacial score (nSPS) is 20.9. The van der Waals surface area contributed by atoms with E-state index in [-0.39, 0.29) is 37.6 Å². The van der Waals surface area contributed by atoms with Crippen LogP contribution in [-0.4, -0.2) is 83.1 Å². The fourth-order valence-corrected chi connectivity index (χ4v) is 4.61. The van der Waals surface area contributed by atoms with Crippen molar-refractivity contribution >= 4 is 23.0 Å². The number of carbonyl (C=O) groups is 2. The summed E-state index contributed by atoms with van der Waals surface area (Å²) in [7, 11) is 1.32. The highest BCUT2D eigenvalue weighted by Gasteiger charge is 2.42. The Hall–Kier alpha value is -2.86. The van der Waals surface area contributed by atoms with Crippen LogP contribution in [0.25, 0.3) is 11.0 Å². The van der Waals surface area contributed by atoms with Crippen LogP contribution in [0.4, 0.5) is 13.6 Å². The summed E-state index contributed by atoms with van der Waals surface area (Å²) in [5, 5.41) is 11.4. The first-order valence-corrected chi connectivity index (χ1v) is 12.4. The zero-order valence-corrected chi connectivity index (χ0v) is 20.9. The minimum absolute atomic E-state index is 0.0774. The maximum atomic E-state index is 13.5. The lowest BCUT2D eigenvalue weighted by molar-refractivity contribution is -0.150. The monoisotopic (exact) mass is 508 g/mol. The van der Waals surface area contributed by atoms with Gasteiger partial charge in [0.1, 0.15) is 6.10 Å². The van der Waals surface area contributed by atoms with Crippen molar-refractivity contribution in [1.82, 2.24) is 30.3 Å². The van der Waals surface area contributed by atoms with Crippen LogP contribution in [-0.2, 0) is 20.8 Å². The van der Waals surface area contributed by atoms with Crippen LogP contribution in [0, 0.1) is 6.92 Å². The molecule has 2 aromatic heterocycles. The van der Waals surface area contributed by atoms with Gasteiger partial charge in [-0.2, -0.15) is 5.10 Å². The van der Waals surface area contributed by atoms with Gasteiger partial charge in [-0.25, -0.2) is 23.2 Å². The lowest BCUT2D eigenvalue weighted by Gasteiger charge is -2.35. The second-order valence-electron chi connectivity index (χ2n) is 9.41. The molecule has 12 heteroatoms. The Morgan fingerprint density at radius 1 is 1.36 bits per heavy atom. The first-order chi connectivity index (χ1) is 17.3. The Balaban J connectivity index is 1.51. The van der Waals surface area contributed by atoms with Crippen molar-refractivity contribution in [3.05, 3.63) is 23.5 Å². The van der Waals surface area contributed by atoms with Gasteiger partial charge in [0.25, 0.3) is 5.91 Å². The zero-order chi connectivity index (χ0) is 25.8. The molecule has 0 bridgehead atoms. The number of pyridine rings is 1. The van der Waals surface area contributed by atoms with Crippen molar-refractivity contribution in [2.75, 3.05) is 26.8 Å². The molecule has 2 N–H and O–H groups in total. The summed E-state index contributed by atoms with van der Waals surface area (Å²) in [6.45, 7) is 5.10. The third kappa shape index (κ3) is 6.09. The number of morpholine rings is 1. The van der Waals surface area contributed by atoms with E-state index in [1.165, 1.54) is 7.11 Å². The minimum atomic E-state index is -2.42. The second kappa shape index (κ2) is 11.5. The molecule has 2 fully saturated rings. The van der Waals surface area contributed by atoms with E-state index < -0.39 is 24.7 Å². The van der Waals surface area contributed by atoms with E-state index in [1.54, 1.807) is 0 Å². The molecule has 0 aromatic carbocycles. The van der Waals surface area contributed by atoms with Crippen molar-refractivity contribution in [2.24, 2.45) is 0 Å². The van der Waals surface area contributed by atoms with E-state index in [4.69, 9.17) is 9.84 Å². The van der Waals surface area contributed by atoms with E-state index in [9.17, 15) is 18.4 Å². The standard InChI is InChI=1S/C24H34F2N6O4/c1-14-5-8-18-21(30-31(22(18)29-14)10-4-9-27-24(34)35-3)15(2)32(17-6-7-17)23(33)19-12-28-16(13-36-19)11-20(25)26/h5,8,15-17,19-20,28H,4,6-7,9-13H2,1-3H3,(H,27,34)/t15-,16+,19-/m1/s1. The number of carbonyl (C=O) groups excluding carboxylic acids is 2. The number of nitrogens with one attached hydrogen (secondary N) is 2. The summed E-state index contributed by atoms with van der Waals surface area (Å²) in [5.41, 5.74) is 2.33. The molecule has 3 atom stereocenters. The topological polar surface area (TPSA) is 111 Å². The fraction of sp³-hybridized carbons (Fsp3) is 0.667. The van der Waals surface area contributed by atoms with Crippen LogP contribution in [0.5, 0.6) is 0 Å². The molecule has 0 radical (unpaired) electrons. The summed E-state index contributed by atoms with van der Waals surface area (Å²) in [4.78, 5) is 31.4. The zero-order valence-electron chi connectivity index (χ0n) is 20.9. The molecular formula is C24H34F2N6O4. The van der Waals surface area contributed by atoms with Crippen molar-refractivity contribution in [2.45, 2.75) is 76.7 Å². The quantitative estimate of drug-likeness (QED) is 0.475. The Labute approximate surface area is 208 Å². The molecule has 0 unspecified atom stereocenters. The number of hydrogen-bond acceptors (Lipinski definition) is 7. The second-order valence-corrected chi connectivity index (χ2v) is 9.41. The molecule has 0 spiro atoms. The van der Waals surface area contributed by atoms with Gasteiger partial charge in [-0.05, 0) is 45.2 Å². The van der Waals surface area contributed by atoms with Gasteiger partial charge < -0.3 is 25.0 Å². The van der Waals surface area contributed by atoms with E-state index in [0.29, 0.717) is 19.5 Å². The summed E-state index contributed by atoms with van der Waals surface area (Å²) >= 11 is 0. The molecular weight excluding hydrogens is 474 g/mol. The molecule has 36 heavy (non-hydrogen) atoms. The summed E-state index contributed by atoms with van der Waals surface area (Å²) in [6, 6.07) is 3.21. The molecule has 1 saturated heterocycles. The fourth-order valence-electron chi connectivity index (χ4n) is 4.61. The number of aryl methyl sites for hydroxylation is 2. The smallest absolute Gasteiger partial charge is 0.406 e. The molecule has 3 heterocycles. The minimum Gasteiger partial charge on any atom is -0.453 e. The van der Waals surface area contributed by atoms with Gasteiger partial charge in [0, 0.05) is 49.2 Å². The number of aromatic nitrogens is 3. The Morgan fingerprint density at radius 3 is 2.78 bits per heavy atom. The molecule has 2 amide bonds. The Kier molecular flexibility index (Phi) is 8.35. The number of alkyl carbamates (subject to hydrolysis) is 1. The predicted octanol–water partition coefficient (Wildman–Crippen LogP) is 2.55. The molecule has 1 aliphatic carbocycles. The number of hydrogen-bond donors (Lipinski definition) is 2. The lowest BCUT2D eigenvalue weighted by atomic mass is 10.1. The van der Waals surface area contributed by atoms with Crippen LogP contribution in [0.1, 0.15) is 50.0 Å². The van der Waals surface area contributed by atoms with Crippen molar-refractivity contribution in [3.8, 4) is 0 Å². The summed E-state index contributed by atoms with van der Waals surface area (Å²) in [6.07, 6.45) is -1.49. The third-order valence-electron chi connectivity index (χ3n) is 6.60. The van der Waals surface area contributed by atoms with E-state index in [0.717, 1.165) is 35.3 Å². The van der Waals surface area contributed by atoms with Gasteiger partial charge in [-0.3, -0.25) is 4.79 Å². The maximum absolute atomic E-state index is 13.5. The highest BCUT2D eigenvalue weighted by Crippen LogP contribution is 2.37. The maximum Gasteiger partial charge on any atom is 0.406 e. The van der Waals surface area contributed by atoms with Gasteiger partial charge in [-0.15, -0.1) is 0 Å². The van der Waals surface area contributed by atoms with E-state index in [1.807, 2.05) is 35.6 Å². The molecule has 1 saturated carbocycles. The number of halogens is 2. The largest absolute Gasteiger partial charge is 0.453 e. The molecule has 10 nitrogen and oxygen atoms in total. The highest BCUT2D eigenvalue weighted by molar-refractivity contribution is 5.84. The average molecular weight is 509 g/mol. The predicted molar refractivity (Wildman–Crippen MR) is 128 cm³/mol. The van der Waals surface area contributed by atoms with Gasteiger partial charge in [0.15, 0.2) is 5.65 Å². The first kappa shape index (κ1) is 26.2. The Bertz CT molecular complexity index is 1070. The number of rotatable bonds is 10. The van der Waals surface area contributed by atoms with E-state index >= 15 is 0 Å². The number of ether oxygens (including phenoxy) is 2. The van der Waals surface area contributed by atoms with Crippen LogP contribution in [0.2, 0.25) is 0 Å². The van der Waals surface area contributed by atoms with Crippen LogP contribution >= 0.6 is 0 Å². The van der Waals surface area contributed by atoms with Crippen molar-refractivity contribution in [3.63, 3.8) is 0 Å². The third-order valence-corrected chi connectivity index (χ3v) is 6.60. The van der Waals surface area contributed by atoms with Crippen LogP contribution in [0.15, 0.2) is 12.1 Å². The summed E-state index contributed by atoms with van der Waals surface area (Å²) < 4.78 is 37.6. The molecule has 2 aliphatic rings. The number of nitrogens with zero attached hydrogens (tertiary/aromatic N) is 4. The molecule has 2 aromatic rings. The van der Waals surface area contributed by atoms with E-state index in [2.05, 4.69) is 20.4 Å². The van der Waals surface area contributed by atoms with Crippen molar-refractivity contribution < 1.29 is 27.8 Å². The first-order valence-electron chi connectivity index (χ1n) is 12.4. The van der Waals surface area contributed by atoms with Gasteiger partial charge in [0.05, 0.1) is 25.5 Å². The van der Waals surface area contributed by atoms with Crippen LogP contribution in [0.3, 0.4) is 0 Å². The highest BCUT2D eigenvalue weighted by atomic mass is 19.3. The molecule has 1 aliphatic heterocycles. The lowest BCUT2D eigenvalue weighted by Crippen LogP contribution is -2.54. The summed E-state index contributed by atoms with van der Waals surface area (Å²) in [5.74, 6) is -0.155. The van der Waals surface area contributed by atoms with Gasteiger partial charge in [-0.1, -0.05) is 0 Å². The molecule has 4 rings (SSSR count). The van der Waals surface area contributed by atoms with Gasteiger partial charge >= 0.3 is 6.09 Å². The number of amides is 2. The Morgan fingerprint density at radius 2 is 2.14 bits per heavy atom. The van der Waals surface area contributed by atoms with Crippen molar-refractivity contribution in [1.29, 1.82) is 0 Å². The SMILES string of the molecule is COC(=O)NCCCn1nc([C@@H](C)N(C(=O)[C@H]2CN[C@@H](CC(F)F)CO2)C2CC2)c2ccc(C)nc21. The van der Waals surface area contributed by atoms with Gasteiger partial charge in [0.2, 0.25) is 6.43 Å².